The summed E-state index contributed by atoms with van der Waals surface area (Å²) in [7, 11) is 0. The molecule has 4 rings (SSSR count). The van der Waals surface area contributed by atoms with Gasteiger partial charge >= 0.3 is 0 Å². The summed E-state index contributed by atoms with van der Waals surface area (Å²) in [5.41, 5.74) is 1.74. The van der Waals surface area contributed by atoms with Crippen molar-refractivity contribution in [3.63, 3.8) is 0 Å². The van der Waals surface area contributed by atoms with Crippen molar-refractivity contribution < 1.29 is 0 Å². The SMILES string of the molecule is N#CC12C3=CC=CC1=CC=C1C=CC=C(C=C3)C12C#N. The molecule has 2 heteroatoms. The maximum atomic E-state index is 10.0. The first-order chi connectivity index (χ1) is 9.79. The lowest BCUT2D eigenvalue weighted by Gasteiger charge is -2.50. The minimum atomic E-state index is -0.925. The molecule has 0 aliphatic heterocycles. The summed E-state index contributed by atoms with van der Waals surface area (Å²) < 4.78 is 0. The summed E-state index contributed by atoms with van der Waals surface area (Å²) in [4.78, 5) is 0. The Morgan fingerprint density at radius 1 is 0.600 bits per heavy atom. The molecular formula is C18H10N2. The molecule has 0 N–H and O–H groups in total. The average molecular weight is 254 g/mol. The Labute approximate surface area is 117 Å². The summed E-state index contributed by atoms with van der Waals surface area (Å²) in [6.07, 6.45) is 19.5. The number of nitriles is 2. The van der Waals surface area contributed by atoms with E-state index in [-0.39, 0.29) is 0 Å². The minimum Gasteiger partial charge on any atom is -0.197 e. The van der Waals surface area contributed by atoms with E-state index in [0.717, 1.165) is 22.3 Å². The molecule has 0 aromatic rings. The first-order valence-corrected chi connectivity index (χ1v) is 6.51. The molecule has 0 radical (unpaired) electrons. The second kappa shape index (κ2) is 3.38. The van der Waals surface area contributed by atoms with E-state index in [2.05, 4.69) is 12.1 Å². The summed E-state index contributed by atoms with van der Waals surface area (Å²) >= 11 is 0. The highest BCUT2D eigenvalue weighted by Crippen LogP contribution is 2.64. The zero-order valence-electron chi connectivity index (χ0n) is 10.7. The quantitative estimate of drug-likeness (QED) is 0.664. The first-order valence-electron chi connectivity index (χ1n) is 6.51. The van der Waals surface area contributed by atoms with E-state index in [1.165, 1.54) is 0 Å². The van der Waals surface area contributed by atoms with Gasteiger partial charge in [-0.15, -0.1) is 0 Å². The van der Waals surface area contributed by atoms with Gasteiger partial charge in [0.15, 0.2) is 0 Å². The predicted octanol–water partition coefficient (Wildman–Crippen LogP) is 3.43. The molecule has 0 spiro atoms. The van der Waals surface area contributed by atoms with Crippen LogP contribution in [0.15, 0.2) is 83.1 Å². The molecule has 0 aromatic carbocycles. The van der Waals surface area contributed by atoms with E-state index < -0.39 is 10.8 Å². The monoisotopic (exact) mass is 254 g/mol. The highest BCUT2D eigenvalue weighted by Gasteiger charge is 2.62. The van der Waals surface area contributed by atoms with Crippen LogP contribution in [0.1, 0.15) is 0 Å². The van der Waals surface area contributed by atoms with E-state index in [1.807, 2.05) is 60.8 Å². The second-order valence-electron chi connectivity index (χ2n) is 5.26. The minimum absolute atomic E-state index is 0.897. The zero-order chi connectivity index (χ0) is 13.8. The van der Waals surface area contributed by atoms with E-state index in [1.54, 1.807) is 0 Å². The van der Waals surface area contributed by atoms with E-state index in [9.17, 15) is 10.5 Å². The normalized spacial score (nSPS) is 34.9. The summed E-state index contributed by atoms with van der Waals surface area (Å²) in [5.74, 6) is 0. The number of allylic oxidation sites excluding steroid dienone is 14. The Balaban J connectivity index is 2.23. The third-order valence-corrected chi connectivity index (χ3v) is 4.62. The number of rotatable bonds is 0. The highest BCUT2D eigenvalue weighted by atomic mass is 14.6. The Hall–Kier alpha value is -2.84. The van der Waals surface area contributed by atoms with Gasteiger partial charge in [-0.1, -0.05) is 60.8 Å². The fourth-order valence-corrected chi connectivity index (χ4v) is 3.72. The maximum Gasteiger partial charge on any atom is 0.134 e. The fourth-order valence-electron chi connectivity index (χ4n) is 3.72. The average Bonchev–Trinajstić information content (AvgIpc) is 2.52. The molecule has 2 unspecified atom stereocenters. The molecule has 2 atom stereocenters. The summed E-state index contributed by atoms with van der Waals surface area (Å²) in [6, 6.07) is 4.93. The Morgan fingerprint density at radius 3 is 1.40 bits per heavy atom. The van der Waals surface area contributed by atoms with Gasteiger partial charge in [0, 0.05) is 0 Å². The molecule has 0 aromatic heterocycles. The lowest BCUT2D eigenvalue weighted by atomic mass is 9.46. The molecule has 0 amide bonds. The first kappa shape index (κ1) is 11.0. The van der Waals surface area contributed by atoms with Crippen LogP contribution in [0.4, 0.5) is 0 Å². The van der Waals surface area contributed by atoms with Crippen LogP contribution in [0.2, 0.25) is 0 Å². The number of hydrogen-bond acceptors (Lipinski definition) is 2. The zero-order valence-corrected chi connectivity index (χ0v) is 10.7. The van der Waals surface area contributed by atoms with E-state index >= 15 is 0 Å². The molecule has 2 nitrogen and oxygen atoms in total. The van der Waals surface area contributed by atoms with Crippen molar-refractivity contribution >= 4 is 0 Å². The molecule has 4 aliphatic carbocycles. The fraction of sp³-hybridized carbons (Fsp3) is 0.111. The Kier molecular flexibility index (Phi) is 1.86. The van der Waals surface area contributed by atoms with Gasteiger partial charge in [-0.05, 0) is 22.3 Å². The van der Waals surface area contributed by atoms with Gasteiger partial charge in [0.05, 0.1) is 12.1 Å². The van der Waals surface area contributed by atoms with E-state index in [0.29, 0.717) is 0 Å². The third kappa shape index (κ3) is 0.899. The van der Waals surface area contributed by atoms with Gasteiger partial charge in [0.2, 0.25) is 0 Å². The number of hydrogen-bond donors (Lipinski definition) is 0. The lowest BCUT2D eigenvalue weighted by molar-refractivity contribution is 0.352. The third-order valence-electron chi connectivity index (χ3n) is 4.62. The van der Waals surface area contributed by atoms with Crippen LogP contribution in [-0.4, -0.2) is 0 Å². The Bertz CT molecular complexity index is 758. The largest absolute Gasteiger partial charge is 0.197 e. The van der Waals surface area contributed by atoms with Gasteiger partial charge < -0.3 is 0 Å². The molecular weight excluding hydrogens is 244 g/mol. The standard InChI is InChI=1S/C18H10N2/c19-11-17-13-3-1-4-14(17)8-10-16-6-2-5-15(9-7-13)18(16,17)12-20/h1-10H. The summed E-state index contributed by atoms with van der Waals surface area (Å²) in [6.45, 7) is 0. The molecule has 0 heterocycles. The van der Waals surface area contributed by atoms with Crippen molar-refractivity contribution in [2.45, 2.75) is 0 Å². The molecule has 0 fully saturated rings. The highest BCUT2D eigenvalue weighted by molar-refractivity contribution is 5.72. The lowest BCUT2D eigenvalue weighted by Crippen LogP contribution is -2.49. The molecule has 0 saturated heterocycles. The van der Waals surface area contributed by atoms with Gasteiger partial charge in [0.25, 0.3) is 0 Å². The van der Waals surface area contributed by atoms with Crippen molar-refractivity contribution in [1.82, 2.24) is 0 Å². The predicted molar refractivity (Wildman–Crippen MR) is 75.8 cm³/mol. The smallest absolute Gasteiger partial charge is 0.134 e. The van der Waals surface area contributed by atoms with Gasteiger partial charge in [0.1, 0.15) is 10.8 Å². The van der Waals surface area contributed by atoms with Crippen LogP contribution in [0, 0.1) is 33.5 Å². The molecule has 0 bridgehead atoms. The van der Waals surface area contributed by atoms with Crippen LogP contribution in [0.3, 0.4) is 0 Å². The Morgan fingerprint density at radius 2 is 1.00 bits per heavy atom. The second-order valence-corrected chi connectivity index (χ2v) is 5.26. The van der Waals surface area contributed by atoms with Gasteiger partial charge in [-0.25, -0.2) is 0 Å². The van der Waals surface area contributed by atoms with Crippen LogP contribution >= 0.6 is 0 Å². The molecule has 20 heavy (non-hydrogen) atoms. The topological polar surface area (TPSA) is 47.6 Å². The van der Waals surface area contributed by atoms with Crippen molar-refractivity contribution in [2.24, 2.45) is 10.8 Å². The van der Waals surface area contributed by atoms with Crippen molar-refractivity contribution in [3.05, 3.63) is 83.1 Å². The molecule has 92 valence electrons. The molecule has 0 saturated carbocycles. The van der Waals surface area contributed by atoms with Crippen LogP contribution < -0.4 is 0 Å². The summed E-state index contributed by atoms with van der Waals surface area (Å²) in [5, 5.41) is 20.0. The maximum absolute atomic E-state index is 10.0. The van der Waals surface area contributed by atoms with Crippen molar-refractivity contribution in [3.8, 4) is 12.1 Å². The van der Waals surface area contributed by atoms with Crippen molar-refractivity contribution in [2.75, 3.05) is 0 Å². The van der Waals surface area contributed by atoms with Crippen LogP contribution in [0.25, 0.3) is 0 Å². The van der Waals surface area contributed by atoms with E-state index in [4.69, 9.17) is 0 Å². The van der Waals surface area contributed by atoms with Crippen LogP contribution in [0.5, 0.6) is 0 Å². The molecule has 4 aliphatic rings. The number of nitrogens with zero attached hydrogens (tertiary/aromatic N) is 2. The van der Waals surface area contributed by atoms with Gasteiger partial charge in [-0.2, -0.15) is 10.5 Å². The van der Waals surface area contributed by atoms with Crippen LogP contribution in [-0.2, 0) is 0 Å². The van der Waals surface area contributed by atoms with Crippen molar-refractivity contribution in [1.29, 1.82) is 10.5 Å². The van der Waals surface area contributed by atoms with Gasteiger partial charge in [-0.3, -0.25) is 0 Å².